The number of hydrogen-bond donors (Lipinski definition) is 2. The van der Waals surface area contributed by atoms with Crippen LogP contribution in [-0.2, 0) is 21.8 Å². The molecule has 0 spiro atoms. The van der Waals surface area contributed by atoms with Crippen LogP contribution in [-0.4, -0.2) is 41.3 Å². The van der Waals surface area contributed by atoms with Crippen molar-refractivity contribution in [3.8, 4) is 5.75 Å². The number of aryl methyl sites for hydroxylation is 1. The van der Waals surface area contributed by atoms with Gasteiger partial charge in [-0.1, -0.05) is 37.1 Å². The maximum Gasteiger partial charge on any atom is 0.191 e. The van der Waals surface area contributed by atoms with Gasteiger partial charge in [0, 0.05) is 31.8 Å². The summed E-state index contributed by atoms with van der Waals surface area (Å²) in [6.45, 7) is 3.19. The molecule has 0 radical (unpaired) electrons. The summed E-state index contributed by atoms with van der Waals surface area (Å²) in [5, 5.41) is 6.86. The Hall–Kier alpha value is -1.81. The van der Waals surface area contributed by atoms with Crippen LogP contribution in [0, 0.1) is 6.92 Å². The summed E-state index contributed by atoms with van der Waals surface area (Å²) in [6, 6.07) is 13.8. The Morgan fingerprint density at radius 1 is 1.12 bits per heavy atom. The van der Waals surface area contributed by atoms with Crippen molar-refractivity contribution in [2.24, 2.45) is 4.99 Å². The first-order valence-electron chi connectivity index (χ1n) is 10.7. The van der Waals surface area contributed by atoms with Gasteiger partial charge in [0.2, 0.25) is 0 Å². The lowest BCUT2D eigenvalue weighted by atomic mass is 9.78. The second-order valence-corrected chi connectivity index (χ2v) is 10.4. The molecule has 32 heavy (non-hydrogen) atoms. The van der Waals surface area contributed by atoms with Crippen LogP contribution in [0.15, 0.2) is 52.4 Å². The SMILES string of the molecule is CN=C(NCc1ccc(S(C)(=O)=O)c(C)c1)NCC1(c2cccc(OC)c2)CCCC1.I. The largest absolute Gasteiger partial charge is 0.497 e. The number of rotatable bonds is 7. The van der Waals surface area contributed by atoms with E-state index >= 15 is 0 Å². The lowest BCUT2D eigenvalue weighted by Gasteiger charge is -2.31. The van der Waals surface area contributed by atoms with Gasteiger partial charge in [0.15, 0.2) is 15.8 Å². The van der Waals surface area contributed by atoms with Gasteiger partial charge in [-0.15, -0.1) is 24.0 Å². The van der Waals surface area contributed by atoms with Crippen molar-refractivity contribution in [1.29, 1.82) is 0 Å². The number of nitrogens with one attached hydrogen (secondary N) is 2. The van der Waals surface area contributed by atoms with Crippen LogP contribution in [0.1, 0.15) is 42.4 Å². The number of halogens is 1. The molecule has 0 heterocycles. The van der Waals surface area contributed by atoms with Gasteiger partial charge in [0.05, 0.1) is 12.0 Å². The molecular weight excluding hydrogens is 537 g/mol. The first kappa shape index (κ1) is 26.4. The van der Waals surface area contributed by atoms with Crippen molar-refractivity contribution in [3.63, 3.8) is 0 Å². The molecule has 8 heteroatoms. The molecule has 0 aliphatic heterocycles. The Bertz CT molecular complexity index is 1050. The summed E-state index contributed by atoms with van der Waals surface area (Å²) in [4.78, 5) is 4.75. The number of methoxy groups -OCH3 is 1. The van der Waals surface area contributed by atoms with Gasteiger partial charge in [-0.05, 0) is 54.7 Å². The molecule has 1 aliphatic rings. The van der Waals surface area contributed by atoms with Crippen LogP contribution < -0.4 is 15.4 Å². The fourth-order valence-electron chi connectivity index (χ4n) is 4.47. The zero-order valence-corrected chi connectivity index (χ0v) is 22.4. The van der Waals surface area contributed by atoms with Crippen LogP contribution in [0.3, 0.4) is 0 Å². The van der Waals surface area contributed by atoms with Gasteiger partial charge in [-0.3, -0.25) is 4.99 Å². The Labute approximate surface area is 209 Å². The maximum atomic E-state index is 11.8. The number of benzene rings is 2. The highest BCUT2D eigenvalue weighted by molar-refractivity contribution is 14.0. The fraction of sp³-hybridized carbons (Fsp3) is 0.458. The normalized spacial score (nSPS) is 15.7. The third-order valence-electron chi connectivity index (χ3n) is 6.16. The highest BCUT2D eigenvalue weighted by Gasteiger charge is 2.36. The molecule has 1 fully saturated rings. The molecule has 2 N–H and O–H groups in total. The molecule has 1 aliphatic carbocycles. The van der Waals surface area contributed by atoms with E-state index in [1.807, 2.05) is 25.1 Å². The van der Waals surface area contributed by atoms with E-state index in [2.05, 4.69) is 33.8 Å². The van der Waals surface area contributed by atoms with Gasteiger partial charge < -0.3 is 15.4 Å². The summed E-state index contributed by atoms with van der Waals surface area (Å²) in [5.74, 6) is 1.62. The minimum Gasteiger partial charge on any atom is -0.497 e. The van der Waals surface area contributed by atoms with Crippen LogP contribution in [0.4, 0.5) is 0 Å². The average molecular weight is 572 g/mol. The van der Waals surface area contributed by atoms with Gasteiger partial charge in [-0.2, -0.15) is 0 Å². The number of hydrogen-bond acceptors (Lipinski definition) is 4. The lowest BCUT2D eigenvalue weighted by molar-refractivity contribution is 0.404. The van der Waals surface area contributed by atoms with E-state index in [9.17, 15) is 8.42 Å². The second kappa shape index (κ2) is 11.4. The van der Waals surface area contributed by atoms with Crippen molar-refractivity contribution in [2.75, 3.05) is 27.0 Å². The van der Waals surface area contributed by atoms with Crippen molar-refractivity contribution in [3.05, 3.63) is 59.2 Å². The van der Waals surface area contributed by atoms with Crippen molar-refractivity contribution < 1.29 is 13.2 Å². The predicted octanol–water partition coefficient (Wildman–Crippen LogP) is 4.20. The Morgan fingerprint density at radius 2 is 1.84 bits per heavy atom. The van der Waals surface area contributed by atoms with Gasteiger partial charge >= 0.3 is 0 Å². The van der Waals surface area contributed by atoms with E-state index in [0.29, 0.717) is 11.4 Å². The summed E-state index contributed by atoms with van der Waals surface area (Å²) in [5.41, 5.74) is 3.14. The van der Waals surface area contributed by atoms with Crippen LogP contribution in [0.25, 0.3) is 0 Å². The Morgan fingerprint density at radius 3 is 2.44 bits per heavy atom. The first-order valence-corrected chi connectivity index (χ1v) is 12.6. The molecule has 0 bridgehead atoms. The molecule has 1 saturated carbocycles. The van der Waals surface area contributed by atoms with Crippen molar-refractivity contribution in [1.82, 2.24) is 10.6 Å². The Balaban J connectivity index is 0.00000363. The van der Waals surface area contributed by atoms with Crippen LogP contribution >= 0.6 is 24.0 Å². The van der Waals surface area contributed by atoms with Gasteiger partial charge in [0.1, 0.15) is 5.75 Å². The van der Waals surface area contributed by atoms with E-state index in [-0.39, 0.29) is 29.4 Å². The highest BCUT2D eigenvalue weighted by atomic mass is 127. The molecule has 176 valence electrons. The minimum atomic E-state index is -3.21. The monoisotopic (exact) mass is 571 g/mol. The van der Waals surface area contributed by atoms with Gasteiger partial charge in [-0.25, -0.2) is 8.42 Å². The zero-order valence-electron chi connectivity index (χ0n) is 19.3. The van der Waals surface area contributed by atoms with Crippen molar-refractivity contribution >= 4 is 39.8 Å². The van der Waals surface area contributed by atoms with E-state index in [1.54, 1.807) is 20.2 Å². The van der Waals surface area contributed by atoms with Crippen LogP contribution in [0.2, 0.25) is 0 Å². The number of guanidine groups is 1. The molecule has 0 amide bonds. The van der Waals surface area contributed by atoms with Crippen LogP contribution in [0.5, 0.6) is 5.75 Å². The van der Waals surface area contributed by atoms with E-state index < -0.39 is 9.84 Å². The summed E-state index contributed by atoms with van der Waals surface area (Å²) >= 11 is 0. The molecule has 0 aromatic heterocycles. The maximum absolute atomic E-state index is 11.8. The number of nitrogens with zero attached hydrogens (tertiary/aromatic N) is 1. The molecule has 0 atom stereocenters. The zero-order chi connectivity index (χ0) is 22.5. The summed E-state index contributed by atoms with van der Waals surface area (Å²) in [6.07, 6.45) is 5.95. The molecule has 0 unspecified atom stereocenters. The van der Waals surface area contributed by atoms with E-state index in [1.165, 1.54) is 24.7 Å². The molecule has 3 rings (SSSR count). The third-order valence-corrected chi connectivity index (χ3v) is 7.42. The van der Waals surface area contributed by atoms with Gasteiger partial charge in [0.25, 0.3) is 0 Å². The molecular formula is C24H34IN3O3S. The predicted molar refractivity (Wildman–Crippen MR) is 141 cm³/mol. The molecule has 0 saturated heterocycles. The number of sulfone groups is 1. The highest BCUT2D eigenvalue weighted by Crippen LogP contribution is 2.41. The van der Waals surface area contributed by atoms with E-state index in [4.69, 9.17) is 4.74 Å². The first-order chi connectivity index (χ1) is 14.8. The Kier molecular flexibility index (Phi) is 9.39. The topological polar surface area (TPSA) is 79.8 Å². The molecule has 2 aromatic rings. The summed E-state index contributed by atoms with van der Waals surface area (Å²) in [7, 11) is 0.259. The average Bonchev–Trinajstić information content (AvgIpc) is 3.23. The van der Waals surface area contributed by atoms with Crippen molar-refractivity contribution in [2.45, 2.75) is 49.5 Å². The standard InChI is InChI=1S/C24H33N3O3S.HI/c1-18-14-19(10-11-22(18)31(4,28)29)16-26-23(25-2)27-17-24(12-5-6-13-24)20-8-7-9-21(15-20)30-3;/h7-11,14-15H,5-6,12-13,16-17H2,1-4H3,(H2,25,26,27);1H. The molecule has 2 aromatic carbocycles. The third kappa shape index (κ3) is 6.37. The second-order valence-electron chi connectivity index (χ2n) is 8.37. The summed E-state index contributed by atoms with van der Waals surface area (Å²) < 4.78 is 29.1. The smallest absolute Gasteiger partial charge is 0.191 e. The van der Waals surface area contributed by atoms with E-state index in [0.717, 1.165) is 42.2 Å². The number of aliphatic imine (C=N–C) groups is 1. The number of ether oxygens (including phenoxy) is 1. The quantitative estimate of drug-likeness (QED) is 0.296. The minimum absolute atomic E-state index is 0. The molecule has 6 nitrogen and oxygen atoms in total. The fourth-order valence-corrected chi connectivity index (χ4v) is 5.43. The lowest BCUT2D eigenvalue weighted by Crippen LogP contribution is -2.44.